The van der Waals surface area contributed by atoms with Gasteiger partial charge in [-0.1, -0.05) is 18.2 Å². The maximum absolute atomic E-state index is 12.4. The second kappa shape index (κ2) is 8.17. The Morgan fingerprint density at radius 3 is 2.31 bits per heavy atom. The Balaban J connectivity index is 1.74. The average molecular weight is 397 g/mol. The molecule has 0 aliphatic rings. The van der Waals surface area contributed by atoms with Gasteiger partial charge in [0.1, 0.15) is 11.3 Å². The minimum atomic E-state index is -0.742. The standard InChI is InChI=1S/C18H15N5O6/c1-12-16(22(25)26)9-13(10-17(12)23(27)28)19-18(24)15-7-8-21(20-15)11-29-14-5-3-2-4-6-14/h2-10H,11H2,1H3,(H,19,24). The first kappa shape index (κ1) is 19.5. The van der Waals surface area contributed by atoms with Gasteiger partial charge in [0, 0.05) is 18.3 Å². The third kappa shape index (κ3) is 4.53. The molecule has 148 valence electrons. The van der Waals surface area contributed by atoms with Crippen LogP contribution in [0.5, 0.6) is 5.75 Å². The van der Waals surface area contributed by atoms with Crippen molar-refractivity contribution in [2.75, 3.05) is 5.32 Å². The Morgan fingerprint density at radius 2 is 1.72 bits per heavy atom. The lowest BCUT2D eigenvalue weighted by Gasteiger charge is -2.06. The number of nitrogens with zero attached hydrogens (tertiary/aromatic N) is 4. The van der Waals surface area contributed by atoms with E-state index < -0.39 is 27.1 Å². The number of aromatic nitrogens is 2. The molecular weight excluding hydrogens is 382 g/mol. The van der Waals surface area contributed by atoms with Gasteiger partial charge in [-0.25, -0.2) is 4.68 Å². The van der Waals surface area contributed by atoms with Gasteiger partial charge in [0.15, 0.2) is 12.4 Å². The monoisotopic (exact) mass is 397 g/mol. The molecule has 0 fully saturated rings. The summed E-state index contributed by atoms with van der Waals surface area (Å²) in [5.41, 5.74) is -1.07. The molecule has 0 atom stereocenters. The molecule has 0 spiro atoms. The smallest absolute Gasteiger partial charge is 0.281 e. The SMILES string of the molecule is Cc1c([N+](=O)[O-])cc(NC(=O)c2ccn(COc3ccccc3)n2)cc1[N+](=O)[O-]. The molecular formula is C18H15N5O6. The number of nitrogens with one attached hydrogen (secondary N) is 1. The molecule has 0 bridgehead atoms. The summed E-state index contributed by atoms with van der Waals surface area (Å²) in [6, 6.07) is 12.6. The summed E-state index contributed by atoms with van der Waals surface area (Å²) in [4.78, 5) is 33.2. The van der Waals surface area contributed by atoms with Crippen molar-refractivity contribution in [2.24, 2.45) is 0 Å². The van der Waals surface area contributed by atoms with Gasteiger partial charge < -0.3 is 10.1 Å². The van der Waals surface area contributed by atoms with Crippen molar-refractivity contribution in [1.82, 2.24) is 9.78 Å². The summed E-state index contributed by atoms with van der Waals surface area (Å²) in [6.45, 7) is 1.34. The zero-order valence-corrected chi connectivity index (χ0v) is 15.1. The van der Waals surface area contributed by atoms with Gasteiger partial charge in [0.05, 0.1) is 15.5 Å². The van der Waals surface area contributed by atoms with Crippen LogP contribution in [0.2, 0.25) is 0 Å². The van der Waals surface area contributed by atoms with Gasteiger partial charge in [0.2, 0.25) is 0 Å². The second-order valence-corrected chi connectivity index (χ2v) is 5.93. The quantitative estimate of drug-likeness (QED) is 0.476. The third-order valence-electron chi connectivity index (χ3n) is 3.98. The summed E-state index contributed by atoms with van der Waals surface area (Å²) in [5, 5.41) is 28.7. The molecule has 11 nitrogen and oxygen atoms in total. The zero-order valence-electron chi connectivity index (χ0n) is 15.1. The van der Waals surface area contributed by atoms with Crippen molar-refractivity contribution >= 4 is 23.0 Å². The highest BCUT2D eigenvalue weighted by molar-refractivity contribution is 6.03. The average Bonchev–Trinajstić information content (AvgIpc) is 3.17. The topological polar surface area (TPSA) is 142 Å². The van der Waals surface area contributed by atoms with Crippen molar-refractivity contribution in [3.63, 3.8) is 0 Å². The number of anilines is 1. The summed E-state index contributed by atoms with van der Waals surface area (Å²) in [7, 11) is 0. The fraction of sp³-hybridized carbons (Fsp3) is 0.111. The molecule has 1 heterocycles. The maximum atomic E-state index is 12.4. The van der Waals surface area contributed by atoms with E-state index in [0.717, 1.165) is 12.1 Å². The number of nitro groups is 2. The third-order valence-corrected chi connectivity index (χ3v) is 3.98. The molecule has 3 rings (SSSR count). The number of rotatable bonds is 7. The Bertz CT molecular complexity index is 1040. The first-order valence-corrected chi connectivity index (χ1v) is 8.31. The van der Waals surface area contributed by atoms with E-state index in [2.05, 4.69) is 10.4 Å². The summed E-state index contributed by atoms with van der Waals surface area (Å²) < 4.78 is 6.91. The van der Waals surface area contributed by atoms with Crippen LogP contribution in [0.3, 0.4) is 0 Å². The first-order chi connectivity index (χ1) is 13.8. The molecule has 1 N–H and O–H groups in total. The molecule has 11 heteroatoms. The van der Waals surface area contributed by atoms with Gasteiger partial charge >= 0.3 is 0 Å². The van der Waals surface area contributed by atoms with Gasteiger partial charge in [-0.05, 0) is 25.1 Å². The normalized spacial score (nSPS) is 10.4. The highest BCUT2D eigenvalue weighted by Gasteiger charge is 2.24. The predicted molar refractivity (Wildman–Crippen MR) is 102 cm³/mol. The second-order valence-electron chi connectivity index (χ2n) is 5.93. The van der Waals surface area contributed by atoms with E-state index >= 15 is 0 Å². The van der Waals surface area contributed by atoms with Crippen LogP contribution in [-0.2, 0) is 6.73 Å². The van der Waals surface area contributed by atoms with E-state index in [0.29, 0.717) is 5.75 Å². The molecule has 2 aromatic carbocycles. The largest absolute Gasteiger partial charge is 0.471 e. The Kier molecular flexibility index (Phi) is 5.49. The van der Waals surface area contributed by atoms with Crippen LogP contribution in [0.4, 0.5) is 17.1 Å². The molecule has 1 amide bonds. The number of hydrogen-bond acceptors (Lipinski definition) is 7. The minimum absolute atomic E-state index is 0.0209. The summed E-state index contributed by atoms with van der Waals surface area (Å²) in [6.07, 6.45) is 1.53. The Hall–Kier alpha value is -4.28. The van der Waals surface area contributed by atoms with Crippen LogP contribution >= 0.6 is 0 Å². The zero-order chi connectivity index (χ0) is 21.0. The molecule has 0 saturated carbocycles. The van der Waals surface area contributed by atoms with Crippen LogP contribution in [0.1, 0.15) is 16.1 Å². The molecule has 3 aromatic rings. The fourth-order valence-electron chi connectivity index (χ4n) is 2.54. The number of amides is 1. The van der Waals surface area contributed by atoms with Crippen LogP contribution in [-0.4, -0.2) is 25.5 Å². The van der Waals surface area contributed by atoms with Crippen molar-refractivity contribution in [3.05, 3.63) is 86.2 Å². The van der Waals surface area contributed by atoms with E-state index in [1.165, 1.54) is 23.9 Å². The number of nitro benzene ring substituents is 2. The van der Waals surface area contributed by atoms with Gasteiger partial charge in [0.25, 0.3) is 17.3 Å². The number of carbonyl (C=O) groups is 1. The first-order valence-electron chi connectivity index (χ1n) is 8.31. The van der Waals surface area contributed by atoms with Crippen LogP contribution in [0.15, 0.2) is 54.7 Å². The van der Waals surface area contributed by atoms with Crippen molar-refractivity contribution in [2.45, 2.75) is 13.7 Å². The summed E-state index contributed by atoms with van der Waals surface area (Å²) >= 11 is 0. The maximum Gasteiger partial charge on any atom is 0.281 e. The van der Waals surface area contributed by atoms with Crippen LogP contribution in [0.25, 0.3) is 0 Å². The van der Waals surface area contributed by atoms with Crippen molar-refractivity contribution in [1.29, 1.82) is 0 Å². The number of para-hydroxylation sites is 1. The van der Waals surface area contributed by atoms with Crippen LogP contribution in [0, 0.1) is 27.2 Å². The van der Waals surface area contributed by atoms with Gasteiger partial charge in [-0.3, -0.25) is 25.0 Å². The van der Waals surface area contributed by atoms with E-state index in [9.17, 15) is 25.0 Å². The van der Waals surface area contributed by atoms with Gasteiger partial charge in [-0.2, -0.15) is 5.10 Å². The molecule has 0 aliphatic heterocycles. The lowest BCUT2D eigenvalue weighted by Crippen LogP contribution is -2.15. The minimum Gasteiger partial charge on any atom is -0.471 e. The Morgan fingerprint density at radius 1 is 1.10 bits per heavy atom. The Labute approximate surface area is 163 Å². The summed E-state index contributed by atoms with van der Waals surface area (Å²) in [5.74, 6) is -0.0378. The lowest BCUT2D eigenvalue weighted by atomic mass is 10.1. The predicted octanol–water partition coefficient (Wildman–Crippen LogP) is 3.30. The molecule has 0 saturated heterocycles. The van der Waals surface area contributed by atoms with Crippen LogP contribution < -0.4 is 10.1 Å². The highest BCUT2D eigenvalue weighted by Crippen LogP contribution is 2.31. The van der Waals surface area contributed by atoms with E-state index in [1.54, 1.807) is 12.1 Å². The highest BCUT2D eigenvalue weighted by atomic mass is 16.6. The fourth-order valence-corrected chi connectivity index (χ4v) is 2.54. The number of benzene rings is 2. The number of hydrogen-bond donors (Lipinski definition) is 1. The number of ether oxygens (including phenoxy) is 1. The molecule has 29 heavy (non-hydrogen) atoms. The van der Waals surface area contributed by atoms with Crippen molar-refractivity contribution < 1.29 is 19.4 Å². The van der Waals surface area contributed by atoms with Crippen molar-refractivity contribution in [3.8, 4) is 5.75 Å². The molecule has 0 radical (unpaired) electrons. The molecule has 0 unspecified atom stereocenters. The molecule has 0 aliphatic carbocycles. The van der Waals surface area contributed by atoms with E-state index in [-0.39, 0.29) is 23.7 Å². The van der Waals surface area contributed by atoms with E-state index in [1.807, 2.05) is 18.2 Å². The van der Waals surface area contributed by atoms with E-state index in [4.69, 9.17) is 4.74 Å². The number of carbonyl (C=O) groups excluding carboxylic acids is 1. The lowest BCUT2D eigenvalue weighted by molar-refractivity contribution is -0.395. The van der Waals surface area contributed by atoms with Gasteiger partial charge in [-0.15, -0.1) is 0 Å². The molecule has 1 aromatic heterocycles.